The molecule has 2 aliphatic rings. The maximum atomic E-state index is 6.09. The van der Waals surface area contributed by atoms with Gasteiger partial charge >= 0.3 is 0 Å². The van der Waals surface area contributed by atoms with Crippen molar-refractivity contribution < 1.29 is 9.47 Å². The van der Waals surface area contributed by atoms with Crippen LogP contribution < -0.4 is 10.5 Å². The fourth-order valence-corrected chi connectivity index (χ4v) is 2.70. The van der Waals surface area contributed by atoms with Crippen LogP contribution in [-0.2, 0) is 4.74 Å². The van der Waals surface area contributed by atoms with Crippen LogP contribution in [0.15, 0.2) is 29.3 Å². The average Bonchev–Trinajstić information content (AvgIpc) is 3.28. The molecule has 1 aliphatic heterocycles. The first-order chi connectivity index (χ1) is 10.3. The van der Waals surface area contributed by atoms with Crippen molar-refractivity contribution in [2.45, 2.75) is 25.3 Å². The van der Waals surface area contributed by atoms with Crippen molar-refractivity contribution in [1.29, 1.82) is 0 Å². The normalized spacial score (nSPS) is 25.8. The van der Waals surface area contributed by atoms with E-state index in [1.54, 1.807) is 0 Å². The summed E-state index contributed by atoms with van der Waals surface area (Å²) in [6.45, 7) is 5.86. The molecule has 0 aromatic heterocycles. The average molecular weight is 289 g/mol. The van der Waals surface area contributed by atoms with Crippen molar-refractivity contribution in [3.8, 4) is 5.75 Å². The third-order valence-corrected chi connectivity index (χ3v) is 4.01. The first-order valence-corrected chi connectivity index (χ1v) is 7.66. The minimum Gasteiger partial charge on any atom is -0.494 e. The summed E-state index contributed by atoms with van der Waals surface area (Å²) >= 11 is 0. The van der Waals surface area contributed by atoms with Gasteiger partial charge in [0.1, 0.15) is 5.75 Å². The number of aliphatic imine (C=N–C) groups is 1. The molecule has 5 nitrogen and oxygen atoms in total. The van der Waals surface area contributed by atoms with Crippen LogP contribution in [-0.4, -0.2) is 49.8 Å². The fraction of sp³-hybridized carbons (Fsp3) is 0.562. The molecule has 2 fully saturated rings. The van der Waals surface area contributed by atoms with Gasteiger partial charge in [-0.3, -0.25) is 0 Å². The van der Waals surface area contributed by atoms with E-state index in [1.165, 1.54) is 5.56 Å². The van der Waals surface area contributed by atoms with E-state index in [9.17, 15) is 0 Å². The standard InChI is InChI=1S/C16H23N3O2/c1-2-21-13-5-3-12(4-6-13)14-11-15(14)18-16(17)19-7-9-20-10-8-19/h3-6,14-15H,2,7-11H2,1H3,(H2,17,18)/t14-,15+/m0/s1. The quantitative estimate of drug-likeness (QED) is 0.675. The van der Waals surface area contributed by atoms with Gasteiger partial charge in [-0.2, -0.15) is 0 Å². The maximum absolute atomic E-state index is 6.09. The van der Waals surface area contributed by atoms with E-state index in [4.69, 9.17) is 15.2 Å². The highest BCUT2D eigenvalue weighted by molar-refractivity contribution is 5.78. The lowest BCUT2D eigenvalue weighted by atomic mass is 10.1. The van der Waals surface area contributed by atoms with Gasteiger partial charge in [-0.15, -0.1) is 0 Å². The zero-order valence-electron chi connectivity index (χ0n) is 12.5. The fourth-order valence-electron chi connectivity index (χ4n) is 2.70. The van der Waals surface area contributed by atoms with Gasteiger partial charge in [0.15, 0.2) is 5.96 Å². The van der Waals surface area contributed by atoms with Gasteiger partial charge < -0.3 is 20.1 Å². The maximum Gasteiger partial charge on any atom is 0.191 e. The van der Waals surface area contributed by atoms with E-state index < -0.39 is 0 Å². The molecule has 0 amide bonds. The van der Waals surface area contributed by atoms with Crippen molar-refractivity contribution in [3.05, 3.63) is 29.8 Å². The van der Waals surface area contributed by atoms with Gasteiger partial charge in [0.05, 0.1) is 25.9 Å². The zero-order valence-corrected chi connectivity index (χ0v) is 12.5. The third kappa shape index (κ3) is 3.47. The first kappa shape index (κ1) is 14.2. The Morgan fingerprint density at radius 2 is 2.05 bits per heavy atom. The number of nitrogens with zero attached hydrogens (tertiary/aromatic N) is 2. The number of hydrogen-bond donors (Lipinski definition) is 1. The van der Waals surface area contributed by atoms with Gasteiger partial charge in [0, 0.05) is 19.0 Å². The van der Waals surface area contributed by atoms with E-state index in [0.717, 1.165) is 38.5 Å². The van der Waals surface area contributed by atoms with E-state index in [-0.39, 0.29) is 0 Å². The van der Waals surface area contributed by atoms with Crippen LogP contribution in [0.5, 0.6) is 5.75 Å². The first-order valence-electron chi connectivity index (χ1n) is 7.66. The minimum absolute atomic E-state index is 0.325. The van der Waals surface area contributed by atoms with Crippen LogP contribution in [0.2, 0.25) is 0 Å². The monoisotopic (exact) mass is 289 g/mol. The second-order valence-electron chi connectivity index (χ2n) is 5.50. The molecule has 114 valence electrons. The Morgan fingerprint density at radius 1 is 1.33 bits per heavy atom. The summed E-state index contributed by atoms with van der Waals surface area (Å²) in [4.78, 5) is 6.77. The Kier molecular flexibility index (Phi) is 4.29. The van der Waals surface area contributed by atoms with Crippen molar-refractivity contribution in [1.82, 2.24) is 4.90 Å². The number of benzene rings is 1. The number of rotatable bonds is 4. The molecule has 1 aromatic rings. The molecule has 2 atom stereocenters. The predicted molar refractivity (Wildman–Crippen MR) is 82.8 cm³/mol. The second-order valence-corrected chi connectivity index (χ2v) is 5.50. The number of hydrogen-bond acceptors (Lipinski definition) is 3. The largest absolute Gasteiger partial charge is 0.494 e. The topological polar surface area (TPSA) is 60.1 Å². The molecule has 1 heterocycles. The molecule has 1 aromatic carbocycles. The summed E-state index contributed by atoms with van der Waals surface area (Å²) in [5, 5.41) is 0. The highest BCUT2D eigenvalue weighted by Gasteiger charge is 2.38. The Hall–Kier alpha value is -1.75. The van der Waals surface area contributed by atoms with E-state index >= 15 is 0 Å². The van der Waals surface area contributed by atoms with Gasteiger partial charge in [0.2, 0.25) is 0 Å². The molecule has 1 saturated heterocycles. The Bertz CT molecular complexity index is 495. The molecule has 0 radical (unpaired) electrons. The van der Waals surface area contributed by atoms with Crippen LogP contribution in [0.25, 0.3) is 0 Å². The van der Waals surface area contributed by atoms with E-state index in [0.29, 0.717) is 24.5 Å². The summed E-state index contributed by atoms with van der Waals surface area (Å²) in [5.41, 5.74) is 7.41. The number of morpholine rings is 1. The molecule has 3 rings (SSSR count). The highest BCUT2D eigenvalue weighted by atomic mass is 16.5. The molecule has 1 aliphatic carbocycles. The molecule has 0 unspecified atom stereocenters. The van der Waals surface area contributed by atoms with Crippen LogP contribution in [0.1, 0.15) is 24.8 Å². The van der Waals surface area contributed by atoms with Gasteiger partial charge in [0.25, 0.3) is 0 Å². The van der Waals surface area contributed by atoms with Crippen LogP contribution in [0.4, 0.5) is 0 Å². The van der Waals surface area contributed by atoms with Crippen LogP contribution in [0, 0.1) is 0 Å². The number of guanidine groups is 1. The van der Waals surface area contributed by atoms with Crippen molar-refractivity contribution >= 4 is 5.96 Å². The van der Waals surface area contributed by atoms with Crippen molar-refractivity contribution in [2.24, 2.45) is 10.7 Å². The minimum atomic E-state index is 0.325. The number of nitrogens with two attached hydrogens (primary N) is 1. The molecule has 1 saturated carbocycles. The Balaban J connectivity index is 1.57. The summed E-state index contributed by atoms with van der Waals surface area (Å²) < 4.78 is 10.8. The molecule has 0 spiro atoms. The molecular formula is C16H23N3O2. The molecule has 21 heavy (non-hydrogen) atoms. The van der Waals surface area contributed by atoms with Gasteiger partial charge in [-0.1, -0.05) is 12.1 Å². The predicted octanol–water partition coefficient (Wildman–Crippen LogP) is 1.59. The van der Waals surface area contributed by atoms with E-state index in [1.807, 2.05) is 19.1 Å². The van der Waals surface area contributed by atoms with Crippen LogP contribution in [0.3, 0.4) is 0 Å². The lowest BCUT2D eigenvalue weighted by Gasteiger charge is -2.27. The zero-order chi connectivity index (χ0) is 14.7. The SMILES string of the molecule is CCOc1ccc([C@@H]2C[C@H]2N=C(N)N2CCOCC2)cc1. The highest BCUT2D eigenvalue weighted by Crippen LogP contribution is 2.43. The summed E-state index contributed by atoms with van der Waals surface area (Å²) in [6, 6.07) is 8.66. The van der Waals surface area contributed by atoms with Crippen LogP contribution >= 0.6 is 0 Å². The molecule has 5 heteroatoms. The second kappa shape index (κ2) is 6.35. The Morgan fingerprint density at radius 3 is 2.71 bits per heavy atom. The van der Waals surface area contributed by atoms with Crippen molar-refractivity contribution in [3.63, 3.8) is 0 Å². The molecular weight excluding hydrogens is 266 g/mol. The van der Waals surface area contributed by atoms with Crippen molar-refractivity contribution in [2.75, 3.05) is 32.9 Å². The molecule has 2 N–H and O–H groups in total. The van der Waals surface area contributed by atoms with E-state index in [2.05, 4.69) is 22.0 Å². The summed E-state index contributed by atoms with van der Waals surface area (Å²) in [7, 11) is 0. The lowest BCUT2D eigenvalue weighted by molar-refractivity contribution is 0.0674. The summed E-state index contributed by atoms with van der Waals surface area (Å²) in [6.07, 6.45) is 1.08. The molecule has 0 bridgehead atoms. The third-order valence-electron chi connectivity index (χ3n) is 4.01. The van der Waals surface area contributed by atoms with Gasteiger partial charge in [-0.25, -0.2) is 4.99 Å². The number of ether oxygens (including phenoxy) is 2. The smallest absolute Gasteiger partial charge is 0.191 e. The lowest BCUT2D eigenvalue weighted by Crippen LogP contribution is -2.45. The summed E-state index contributed by atoms with van der Waals surface area (Å²) in [5.74, 6) is 2.09. The van der Waals surface area contributed by atoms with Gasteiger partial charge in [-0.05, 0) is 31.0 Å². The Labute approximate surface area is 125 Å².